The Hall–Kier alpha value is -1.55. The van der Waals surface area contributed by atoms with E-state index in [4.69, 9.17) is 0 Å². The van der Waals surface area contributed by atoms with E-state index < -0.39 is 0 Å². The van der Waals surface area contributed by atoms with Crippen LogP contribution in [-0.2, 0) is 11.2 Å². The largest absolute Gasteiger partial charge is 0.360 e. The van der Waals surface area contributed by atoms with E-state index in [2.05, 4.69) is 39.8 Å². The third-order valence-electron chi connectivity index (χ3n) is 4.23. The van der Waals surface area contributed by atoms with Gasteiger partial charge in [-0.3, -0.25) is 4.79 Å². The molecule has 2 heterocycles. The summed E-state index contributed by atoms with van der Waals surface area (Å²) in [5.74, 6) is 0.117. The van der Waals surface area contributed by atoms with E-state index in [0.29, 0.717) is 12.6 Å². The van der Waals surface area contributed by atoms with E-state index in [-0.39, 0.29) is 5.91 Å². The maximum atomic E-state index is 11.4. The van der Waals surface area contributed by atoms with Crippen LogP contribution in [-0.4, -0.2) is 38.1 Å². The zero-order valence-corrected chi connectivity index (χ0v) is 11.9. The molecule has 0 aliphatic carbocycles. The van der Waals surface area contributed by atoms with Crippen molar-refractivity contribution < 1.29 is 4.79 Å². The normalized spacial score (nSPS) is 23.5. The number of amides is 1. The SMILES string of the molecule is O=C1CN(c2ccc(CC3CCCCN3)cc2)CCN1. The van der Waals surface area contributed by atoms with E-state index in [9.17, 15) is 4.79 Å². The Morgan fingerprint density at radius 3 is 2.70 bits per heavy atom. The van der Waals surface area contributed by atoms with Gasteiger partial charge in [0, 0.05) is 24.8 Å². The predicted molar refractivity (Wildman–Crippen MR) is 81.0 cm³/mol. The van der Waals surface area contributed by atoms with Gasteiger partial charge >= 0.3 is 0 Å². The van der Waals surface area contributed by atoms with Gasteiger partial charge in [-0.1, -0.05) is 18.6 Å². The van der Waals surface area contributed by atoms with Crippen LogP contribution < -0.4 is 15.5 Å². The minimum absolute atomic E-state index is 0.117. The second-order valence-electron chi connectivity index (χ2n) is 5.79. The van der Waals surface area contributed by atoms with Crippen molar-refractivity contribution in [1.82, 2.24) is 10.6 Å². The van der Waals surface area contributed by atoms with Crippen LogP contribution in [0.15, 0.2) is 24.3 Å². The number of anilines is 1. The highest BCUT2D eigenvalue weighted by Crippen LogP contribution is 2.18. The number of nitrogens with one attached hydrogen (secondary N) is 2. The lowest BCUT2D eigenvalue weighted by atomic mass is 9.97. The molecule has 0 bridgehead atoms. The van der Waals surface area contributed by atoms with Crippen LogP contribution in [0.2, 0.25) is 0 Å². The highest BCUT2D eigenvalue weighted by molar-refractivity contribution is 5.82. The molecule has 0 spiro atoms. The quantitative estimate of drug-likeness (QED) is 0.873. The second kappa shape index (κ2) is 6.27. The van der Waals surface area contributed by atoms with Crippen LogP contribution in [0, 0.1) is 0 Å². The molecular weight excluding hydrogens is 250 g/mol. The lowest BCUT2D eigenvalue weighted by Gasteiger charge is -2.29. The first kappa shape index (κ1) is 13.4. The predicted octanol–water partition coefficient (Wildman–Crippen LogP) is 1.31. The van der Waals surface area contributed by atoms with Crippen molar-refractivity contribution in [3.63, 3.8) is 0 Å². The minimum atomic E-state index is 0.117. The molecule has 2 N–H and O–H groups in total. The summed E-state index contributed by atoms with van der Waals surface area (Å²) in [6.45, 7) is 3.27. The topological polar surface area (TPSA) is 44.4 Å². The second-order valence-corrected chi connectivity index (χ2v) is 5.79. The molecule has 4 nitrogen and oxygen atoms in total. The van der Waals surface area contributed by atoms with Gasteiger partial charge in [-0.15, -0.1) is 0 Å². The fourth-order valence-electron chi connectivity index (χ4n) is 3.08. The van der Waals surface area contributed by atoms with Gasteiger partial charge in [0.15, 0.2) is 0 Å². The fraction of sp³-hybridized carbons (Fsp3) is 0.562. The first-order chi connectivity index (χ1) is 9.81. The molecule has 0 aromatic heterocycles. The highest BCUT2D eigenvalue weighted by Gasteiger charge is 2.17. The number of rotatable bonds is 3. The molecule has 0 radical (unpaired) electrons. The number of carbonyl (C=O) groups is 1. The van der Waals surface area contributed by atoms with Crippen LogP contribution in [0.5, 0.6) is 0 Å². The van der Waals surface area contributed by atoms with E-state index >= 15 is 0 Å². The van der Waals surface area contributed by atoms with Crippen LogP contribution >= 0.6 is 0 Å². The number of benzene rings is 1. The molecule has 1 atom stereocenters. The van der Waals surface area contributed by atoms with Crippen molar-refractivity contribution in [2.24, 2.45) is 0 Å². The van der Waals surface area contributed by atoms with E-state index in [1.165, 1.54) is 24.8 Å². The van der Waals surface area contributed by atoms with Crippen molar-refractivity contribution in [2.75, 3.05) is 31.1 Å². The van der Waals surface area contributed by atoms with Gasteiger partial charge in [-0.05, 0) is 43.5 Å². The summed E-state index contributed by atoms with van der Waals surface area (Å²) in [5.41, 5.74) is 2.54. The summed E-state index contributed by atoms with van der Waals surface area (Å²) >= 11 is 0. The first-order valence-electron chi connectivity index (χ1n) is 7.65. The monoisotopic (exact) mass is 273 g/mol. The average molecular weight is 273 g/mol. The Bertz CT molecular complexity index is 451. The molecule has 1 aromatic carbocycles. The lowest BCUT2D eigenvalue weighted by molar-refractivity contribution is -0.120. The zero-order chi connectivity index (χ0) is 13.8. The van der Waals surface area contributed by atoms with Crippen molar-refractivity contribution >= 4 is 11.6 Å². The Balaban J connectivity index is 1.60. The molecule has 108 valence electrons. The molecule has 2 aliphatic rings. The molecule has 3 rings (SSSR count). The molecule has 2 aliphatic heterocycles. The first-order valence-corrected chi connectivity index (χ1v) is 7.65. The highest BCUT2D eigenvalue weighted by atomic mass is 16.2. The zero-order valence-electron chi connectivity index (χ0n) is 11.9. The molecule has 1 aromatic rings. The van der Waals surface area contributed by atoms with Crippen molar-refractivity contribution in [3.8, 4) is 0 Å². The van der Waals surface area contributed by atoms with Crippen molar-refractivity contribution in [2.45, 2.75) is 31.7 Å². The standard InChI is InChI=1S/C16H23N3O/c20-16-12-19(10-9-18-16)15-6-4-13(5-7-15)11-14-3-1-2-8-17-14/h4-7,14,17H,1-3,8-12H2,(H,18,20). The number of piperazine rings is 1. The Morgan fingerprint density at radius 1 is 1.15 bits per heavy atom. The summed E-state index contributed by atoms with van der Waals surface area (Å²) < 4.78 is 0. The molecule has 1 amide bonds. The smallest absolute Gasteiger partial charge is 0.239 e. The molecule has 1 unspecified atom stereocenters. The average Bonchev–Trinajstić information content (AvgIpc) is 2.49. The Labute approximate surface area is 120 Å². The number of hydrogen-bond acceptors (Lipinski definition) is 3. The number of hydrogen-bond donors (Lipinski definition) is 2. The summed E-state index contributed by atoms with van der Waals surface area (Å²) in [5, 5.41) is 6.45. The van der Waals surface area contributed by atoms with Gasteiger partial charge in [0.1, 0.15) is 0 Å². The van der Waals surface area contributed by atoms with Crippen molar-refractivity contribution in [1.29, 1.82) is 0 Å². The van der Waals surface area contributed by atoms with Gasteiger partial charge in [0.25, 0.3) is 0 Å². The van der Waals surface area contributed by atoms with Crippen LogP contribution in [0.25, 0.3) is 0 Å². The number of nitrogens with zero attached hydrogens (tertiary/aromatic N) is 1. The maximum Gasteiger partial charge on any atom is 0.239 e. The van der Waals surface area contributed by atoms with Crippen LogP contribution in [0.1, 0.15) is 24.8 Å². The van der Waals surface area contributed by atoms with E-state index in [0.717, 1.165) is 31.7 Å². The summed E-state index contributed by atoms with van der Waals surface area (Å²) in [6, 6.07) is 9.35. The lowest BCUT2D eigenvalue weighted by Crippen LogP contribution is -2.47. The van der Waals surface area contributed by atoms with Crippen LogP contribution in [0.3, 0.4) is 0 Å². The Morgan fingerprint density at radius 2 is 2.00 bits per heavy atom. The summed E-state index contributed by atoms with van der Waals surface area (Å²) in [6.07, 6.45) is 5.06. The third kappa shape index (κ3) is 3.31. The minimum Gasteiger partial charge on any atom is -0.360 e. The maximum absolute atomic E-state index is 11.4. The van der Waals surface area contributed by atoms with Gasteiger partial charge in [0.2, 0.25) is 5.91 Å². The molecule has 4 heteroatoms. The molecule has 2 fully saturated rings. The van der Waals surface area contributed by atoms with Crippen molar-refractivity contribution in [3.05, 3.63) is 29.8 Å². The number of carbonyl (C=O) groups excluding carboxylic acids is 1. The van der Waals surface area contributed by atoms with E-state index in [1.54, 1.807) is 0 Å². The van der Waals surface area contributed by atoms with Gasteiger partial charge < -0.3 is 15.5 Å². The van der Waals surface area contributed by atoms with Crippen LogP contribution in [0.4, 0.5) is 5.69 Å². The summed E-state index contributed by atoms with van der Waals surface area (Å²) in [7, 11) is 0. The fourth-order valence-corrected chi connectivity index (χ4v) is 3.08. The summed E-state index contributed by atoms with van der Waals surface area (Å²) in [4.78, 5) is 13.6. The molecule has 20 heavy (non-hydrogen) atoms. The van der Waals surface area contributed by atoms with Gasteiger partial charge in [0.05, 0.1) is 6.54 Å². The molecule has 2 saturated heterocycles. The van der Waals surface area contributed by atoms with Gasteiger partial charge in [-0.25, -0.2) is 0 Å². The molecule has 0 saturated carbocycles. The van der Waals surface area contributed by atoms with Gasteiger partial charge in [-0.2, -0.15) is 0 Å². The number of piperidine rings is 1. The third-order valence-corrected chi connectivity index (χ3v) is 4.23. The Kier molecular flexibility index (Phi) is 4.21. The molecular formula is C16H23N3O. The van der Waals surface area contributed by atoms with E-state index in [1.807, 2.05) is 0 Å².